The van der Waals surface area contributed by atoms with Crippen LogP contribution in [0.25, 0.3) is 0 Å². The van der Waals surface area contributed by atoms with Crippen molar-refractivity contribution in [2.75, 3.05) is 26.3 Å². The van der Waals surface area contributed by atoms with Crippen LogP contribution in [0.2, 0.25) is 0 Å². The molecule has 4 nitrogen and oxygen atoms in total. The highest BCUT2D eigenvalue weighted by Crippen LogP contribution is 2.26. The monoisotopic (exact) mass is 338 g/mol. The van der Waals surface area contributed by atoms with Crippen molar-refractivity contribution in [1.82, 2.24) is 10.4 Å². The van der Waals surface area contributed by atoms with E-state index in [9.17, 15) is 0 Å². The van der Waals surface area contributed by atoms with E-state index in [1.165, 1.54) is 0 Å². The topological polar surface area (TPSA) is 37.6 Å². The maximum atomic E-state index is 5.45. The van der Waals surface area contributed by atoms with Gasteiger partial charge < -0.3 is 9.15 Å². The fourth-order valence-electron chi connectivity index (χ4n) is 1.39. The summed E-state index contributed by atoms with van der Waals surface area (Å²) in [5.74, 6) is 0.903. The minimum absolute atomic E-state index is 0.699. The number of hydrogen-bond acceptors (Lipinski definition) is 4. The van der Waals surface area contributed by atoms with Crippen molar-refractivity contribution in [3.05, 3.63) is 21.0 Å². The molecule has 0 saturated carbocycles. The van der Waals surface area contributed by atoms with Gasteiger partial charge in [0.25, 0.3) is 0 Å². The number of nitrogens with zero attached hydrogens (tertiary/aromatic N) is 1. The van der Waals surface area contributed by atoms with Gasteiger partial charge in [-0.25, -0.2) is 10.4 Å². The molecule has 0 aliphatic carbocycles. The van der Waals surface area contributed by atoms with Crippen LogP contribution >= 0.6 is 31.9 Å². The van der Waals surface area contributed by atoms with Gasteiger partial charge in [0.1, 0.15) is 5.76 Å². The van der Waals surface area contributed by atoms with Crippen LogP contribution in [0.3, 0.4) is 0 Å². The van der Waals surface area contributed by atoms with Gasteiger partial charge in [-0.1, -0.05) is 0 Å². The van der Waals surface area contributed by atoms with Crippen molar-refractivity contribution in [2.45, 2.75) is 6.54 Å². The largest absolute Gasteiger partial charge is 0.452 e. The van der Waals surface area contributed by atoms with Crippen LogP contribution < -0.4 is 5.43 Å². The summed E-state index contributed by atoms with van der Waals surface area (Å²) in [7, 11) is 0. The second-order valence-corrected chi connectivity index (χ2v) is 4.84. The number of hydrazine groups is 1. The van der Waals surface area contributed by atoms with Crippen molar-refractivity contribution >= 4 is 31.9 Å². The van der Waals surface area contributed by atoms with Crippen LogP contribution in [-0.2, 0) is 11.3 Å². The quantitative estimate of drug-likeness (QED) is 0.915. The highest BCUT2D eigenvalue weighted by Gasteiger charge is 2.11. The Kier molecular flexibility index (Phi) is 4.21. The van der Waals surface area contributed by atoms with Crippen molar-refractivity contribution in [1.29, 1.82) is 0 Å². The van der Waals surface area contributed by atoms with Gasteiger partial charge in [0.2, 0.25) is 0 Å². The molecule has 1 aliphatic heterocycles. The molecule has 2 rings (SSSR count). The molecule has 1 N–H and O–H groups in total. The van der Waals surface area contributed by atoms with E-state index in [0.29, 0.717) is 6.54 Å². The fourth-order valence-corrected chi connectivity index (χ4v) is 2.05. The highest BCUT2D eigenvalue weighted by molar-refractivity contribution is 9.13. The van der Waals surface area contributed by atoms with Gasteiger partial charge in [-0.3, -0.25) is 0 Å². The van der Waals surface area contributed by atoms with Crippen molar-refractivity contribution in [2.24, 2.45) is 0 Å². The predicted molar refractivity (Wildman–Crippen MR) is 63.3 cm³/mol. The Hall–Kier alpha value is 0.120. The maximum Gasteiger partial charge on any atom is 0.183 e. The van der Waals surface area contributed by atoms with Crippen LogP contribution in [0.1, 0.15) is 5.76 Å². The highest BCUT2D eigenvalue weighted by atomic mass is 79.9. The summed E-state index contributed by atoms with van der Waals surface area (Å²) >= 11 is 6.69. The zero-order valence-corrected chi connectivity index (χ0v) is 11.3. The molecule has 1 aliphatic rings. The minimum atomic E-state index is 0.699. The first-order valence-electron chi connectivity index (χ1n) is 4.75. The molecule has 84 valence electrons. The molecule has 0 aromatic carbocycles. The third-order valence-corrected chi connectivity index (χ3v) is 3.89. The van der Waals surface area contributed by atoms with Crippen LogP contribution in [0.4, 0.5) is 0 Å². The first-order chi connectivity index (χ1) is 7.25. The van der Waals surface area contributed by atoms with E-state index in [-0.39, 0.29) is 0 Å². The lowest BCUT2D eigenvalue weighted by molar-refractivity contribution is 0.00941. The normalized spacial score (nSPS) is 18.3. The number of rotatable bonds is 3. The average Bonchev–Trinajstić information content (AvgIpc) is 2.57. The van der Waals surface area contributed by atoms with E-state index < -0.39 is 0 Å². The van der Waals surface area contributed by atoms with Crippen molar-refractivity contribution in [3.8, 4) is 0 Å². The lowest BCUT2D eigenvalue weighted by Gasteiger charge is -2.26. The number of ether oxygens (including phenoxy) is 1. The molecule has 1 fully saturated rings. The average molecular weight is 340 g/mol. The molecule has 0 spiro atoms. The van der Waals surface area contributed by atoms with E-state index >= 15 is 0 Å². The second kappa shape index (κ2) is 5.45. The Morgan fingerprint density at radius 3 is 2.67 bits per heavy atom. The van der Waals surface area contributed by atoms with Crippen molar-refractivity contribution < 1.29 is 9.15 Å². The molecule has 1 aromatic rings. The zero-order chi connectivity index (χ0) is 10.7. The first-order valence-corrected chi connectivity index (χ1v) is 6.34. The molecular weight excluding hydrogens is 328 g/mol. The van der Waals surface area contributed by atoms with Gasteiger partial charge in [0.15, 0.2) is 4.67 Å². The summed E-state index contributed by atoms with van der Waals surface area (Å²) < 4.78 is 12.4. The zero-order valence-electron chi connectivity index (χ0n) is 8.13. The van der Waals surface area contributed by atoms with Crippen LogP contribution in [0.5, 0.6) is 0 Å². The van der Waals surface area contributed by atoms with E-state index in [2.05, 4.69) is 42.3 Å². The van der Waals surface area contributed by atoms with Gasteiger partial charge >= 0.3 is 0 Å². The molecule has 1 aromatic heterocycles. The minimum Gasteiger partial charge on any atom is -0.452 e. The molecule has 0 atom stereocenters. The van der Waals surface area contributed by atoms with E-state index in [1.54, 1.807) is 0 Å². The van der Waals surface area contributed by atoms with Gasteiger partial charge in [-0.15, -0.1) is 0 Å². The summed E-state index contributed by atoms with van der Waals surface area (Å²) in [5, 5.41) is 2.15. The molecular formula is C9H12Br2N2O2. The third kappa shape index (κ3) is 3.29. The first kappa shape index (κ1) is 11.6. The summed E-state index contributed by atoms with van der Waals surface area (Å²) in [6, 6.07) is 1.96. The predicted octanol–water partition coefficient (Wildman–Crippen LogP) is 2.14. The molecule has 15 heavy (non-hydrogen) atoms. The van der Waals surface area contributed by atoms with E-state index in [0.717, 1.165) is 41.2 Å². The standard InChI is InChI=1S/C9H12Br2N2O2/c10-8-5-7(15-9(8)11)6-12-13-1-3-14-4-2-13/h5,12H,1-4,6H2. The number of halogens is 2. The summed E-state index contributed by atoms with van der Waals surface area (Å²) in [6.07, 6.45) is 0. The molecule has 1 saturated heterocycles. The lowest BCUT2D eigenvalue weighted by Crippen LogP contribution is -2.45. The number of furan rings is 1. The smallest absolute Gasteiger partial charge is 0.183 e. The van der Waals surface area contributed by atoms with E-state index in [4.69, 9.17) is 9.15 Å². The van der Waals surface area contributed by atoms with Gasteiger partial charge in [-0.05, 0) is 37.9 Å². The summed E-state index contributed by atoms with van der Waals surface area (Å²) in [6.45, 7) is 4.12. The Morgan fingerprint density at radius 1 is 1.33 bits per heavy atom. The second-order valence-electron chi connectivity index (χ2n) is 3.27. The summed E-state index contributed by atoms with van der Waals surface area (Å²) in [4.78, 5) is 0. The SMILES string of the molecule is Brc1cc(CNN2CCOCC2)oc1Br. The number of morpholine rings is 1. The molecule has 2 heterocycles. The summed E-state index contributed by atoms with van der Waals surface area (Å²) in [5.41, 5.74) is 3.30. The Balaban J connectivity index is 1.81. The van der Waals surface area contributed by atoms with Crippen LogP contribution in [-0.4, -0.2) is 31.3 Å². The Bertz CT molecular complexity index is 304. The van der Waals surface area contributed by atoms with Gasteiger partial charge in [0, 0.05) is 13.1 Å². The maximum absolute atomic E-state index is 5.45. The van der Waals surface area contributed by atoms with Crippen LogP contribution in [0.15, 0.2) is 19.6 Å². The van der Waals surface area contributed by atoms with E-state index in [1.807, 2.05) is 6.07 Å². The van der Waals surface area contributed by atoms with Crippen molar-refractivity contribution in [3.63, 3.8) is 0 Å². The number of nitrogens with one attached hydrogen (secondary N) is 1. The lowest BCUT2D eigenvalue weighted by atomic mass is 10.4. The Labute approximate surface area is 105 Å². The Morgan fingerprint density at radius 2 is 2.07 bits per heavy atom. The molecule has 0 amide bonds. The number of hydrogen-bond donors (Lipinski definition) is 1. The van der Waals surface area contributed by atoms with Crippen LogP contribution in [0, 0.1) is 0 Å². The molecule has 0 unspecified atom stereocenters. The van der Waals surface area contributed by atoms with Gasteiger partial charge in [0.05, 0.1) is 24.2 Å². The molecule has 0 radical (unpaired) electrons. The van der Waals surface area contributed by atoms with Gasteiger partial charge in [-0.2, -0.15) is 0 Å². The molecule has 6 heteroatoms. The molecule has 0 bridgehead atoms. The fraction of sp³-hybridized carbons (Fsp3) is 0.556. The third-order valence-electron chi connectivity index (χ3n) is 2.18.